The van der Waals surface area contributed by atoms with Gasteiger partial charge in [-0.25, -0.2) is 14.4 Å². The molecule has 0 N–H and O–H groups in total. The Labute approximate surface area is 411 Å². The molecule has 0 bridgehead atoms. The number of rotatable bonds is 23. The summed E-state index contributed by atoms with van der Waals surface area (Å²) >= 11 is 8.61. The van der Waals surface area contributed by atoms with Crippen LogP contribution in [0.1, 0.15) is 154 Å². The van der Waals surface area contributed by atoms with Crippen molar-refractivity contribution in [2.24, 2.45) is 11.8 Å². The molecule has 0 fully saturated rings. The summed E-state index contributed by atoms with van der Waals surface area (Å²) in [5.74, 6) is 1.32. The highest BCUT2D eigenvalue weighted by atomic mass is 32.1. The molecule has 0 amide bonds. The fourth-order valence-electron chi connectivity index (χ4n) is 10.1. The summed E-state index contributed by atoms with van der Waals surface area (Å²) < 4.78 is 33.7. The lowest BCUT2D eigenvalue weighted by Gasteiger charge is -2.14. The van der Waals surface area contributed by atoms with Gasteiger partial charge < -0.3 is 4.57 Å². The van der Waals surface area contributed by atoms with Crippen molar-refractivity contribution < 1.29 is 4.39 Å². The topological polar surface area (TPSA) is 56.5 Å². The first-order chi connectivity index (χ1) is 32.3. The van der Waals surface area contributed by atoms with Crippen molar-refractivity contribution in [3.05, 3.63) is 70.1 Å². The molecular weight excluding hydrogens is 910 g/mol. The molecule has 9 rings (SSSR count). The number of unbranched alkanes of at least 4 members (excludes halogenated alkanes) is 5. The molecule has 2 unspecified atom stereocenters. The number of aryl methyl sites for hydroxylation is 4. The van der Waals surface area contributed by atoms with Gasteiger partial charge in [-0.05, 0) is 86.3 Å². The third-order valence-electron chi connectivity index (χ3n) is 14.1. The van der Waals surface area contributed by atoms with Crippen LogP contribution < -0.4 is 0 Å². The van der Waals surface area contributed by atoms with E-state index in [9.17, 15) is 0 Å². The number of aromatic nitrogens is 5. The maximum Gasteiger partial charge on any atom is 0.132 e. The average Bonchev–Trinajstić information content (AvgIpc) is 4.20. The van der Waals surface area contributed by atoms with E-state index < -0.39 is 0 Å². The fourth-order valence-corrected chi connectivity index (χ4v) is 15.8. The van der Waals surface area contributed by atoms with Gasteiger partial charge in [0.25, 0.3) is 0 Å². The first kappa shape index (κ1) is 47.5. The Balaban J connectivity index is 1.12. The Hall–Kier alpha value is -3.61. The van der Waals surface area contributed by atoms with Crippen LogP contribution in [0, 0.1) is 17.7 Å². The normalized spacial score (nSPS) is 13.2. The van der Waals surface area contributed by atoms with Crippen LogP contribution >= 0.6 is 57.1 Å². The zero-order valence-corrected chi connectivity index (χ0v) is 44.2. The summed E-state index contributed by atoms with van der Waals surface area (Å²) in [6.07, 6.45) is 19.8. The Morgan fingerprint density at radius 2 is 1.18 bits per heavy atom. The highest BCUT2D eigenvalue weighted by molar-refractivity contribution is 7.31. The van der Waals surface area contributed by atoms with Crippen molar-refractivity contribution in [1.82, 2.24) is 23.3 Å². The molecule has 7 aromatic heterocycles. The van der Waals surface area contributed by atoms with Crippen LogP contribution in [0.15, 0.2) is 42.5 Å². The zero-order valence-electron chi connectivity index (χ0n) is 40.1. The molecule has 9 aromatic rings. The molecule has 0 radical (unpaired) electrons. The predicted octanol–water partition coefficient (Wildman–Crippen LogP) is 18.9. The number of hydrogen-bond acceptors (Lipinski definition) is 9. The number of hydrogen-bond donors (Lipinski definition) is 0. The molecule has 0 aliphatic heterocycles. The summed E-state index contributed by atoms with van der Waals surface area (Å²) in [6.45, 7) is 16.9. The van der Waals surface area contributed by atoms with Crippen molar-refractivity contribution in [3.8, 4) is 31.3 Å². The molecular formula is C55H66FN5S5. The molecule has 348 valence electrons. The van der Waals surface area contributed by atoms with Gasteiger partial charge in [0.15, 0.2) is 0 Å². The Bertz CT molecular complexity index is 3050. The van der Waals surface area contributed by atoms with E-state index in [-0.39, 0.29) is 5.82 Å². The van der Waals surface area contributed by atoms with Gasteiger partial charge in [-0.15, -0.1) is 45.3 Å². The van der Waals surface area contributed by atoms with E-state index in [1.807, 2.05) is 28.7 Å². The standard InChI is InChI=1S/C55H66FN5S5/c1-8-15-18-19-26-61-41-29-36(27-34(12-5)21-17-10-3)62-54(41)55-42(61)30-46(65-55)48-50-51(58-40(14-7)39(13-6)57-50)49(53-52(48)59-66-60-53)47-32-45-44(64-47)31-43(63-45)37-25-24-35(28-38(37)56)23-22-33(11-4)20-16-9-2/h24-25,28-34H,8-23,26-27H2,1-7H3. The van der Waals surface area contributed by atoms with Crippen molar-refractivity contribution in [2.75, 3.05) is 0 Å². The second-order valence-corrected chi connectivity index (χ2v) is 23.4. The van der Waals surface area contributed by atoms with E-state index in [0.717, 1.165) is 107 Å². The zero-order chi connectivity index (χ0) is 45.9. The van der Waals surface area contributed by atoms with Gasteiger partial charge in [-0.2, -0.15) is 8.75 Å². The van der Waals surface area contributed by atoms with Gasteiger partial charge in [-0.3, -0.25) is 0 Å². The van der Waals surface area contributed by atoms with Gasteiger partial charge in [-0.1, -0.05) is 131 Å². The molecule has 11 heteroatoms. The van der Waals surface area contributed by atoms with Crippen LogP contribution in [0.4, 0.5) is 4.39 Å². The highest BCUT2D eigenvalue weighted by Gasteiger charge is 2.28. The lowest BCUT2D eigenvalue weighted by molar-refractivity contribution is 0.421. The van der Waals surface area contributed by atoms with E-state index in [4.69, 9.17) is 18.7 Å². The minimum atomic E-state index is -0.128. The number of benzene rings is 2. The van der Waals surface area contributed by atoms with Crippen LogP contribution in [-0.2, 0) is 32.2 Å². The number of thiophene rings is 4. The van der Waals surface area contributed by atoms with Crippen molar-refractivity contribution in [3.63, 3.8) is 0 Å². The van der Waals surface area contributed by atoms with Crippen molar-refractivity contribution >= 4 is 109 Å². The lowest BCUT2D eigenvalue weighted by atomic mass is 9.92. The largest absolute Gasteiger partial charge is 0.339 e. The van der Waals surface area contributed by atoms with Crippen LogP contribution in [0.2, 0.25) is 0 Å². The van der Waals surface area contributed by atoms with Gasteiger partial charge in [0.2, 0.25) is 0 Å². The number of nitrogens with zero attached hydrogens (tertiary/aromatic N) is 5. The monoisotopic (exact) mass is 975 g/mol. The molecule has 2 aromatic carbocycles. The number of halogens is 1. The van der Waals surface area contributed by atoms with Gasteiger partial charge in [0.1, 0.15) is 27.9 Å². The van der Waals surface area contributed by atoms with E-state index in [1.54, 1.807) is 28.7 Å². The van der Waals surface area contributed by atoms with Gasteiger partial charge in [0.05, 0.1) is 43.5 Å². The Morgan fingerprint density at radius 3 is 1.82 bits per heavy atom. The summed E-state index contributed by atoms with van der Waals surface area (Å²) in [5, 5.41) is 0. The van der Waals surface area contributed by atoms with Gasteiger partial charge >= 0.3 is 0 Å². The average molecular weight is 977 g/mol. The maximum absolute atomic E-state index is 15.9. The van der Waals surface area contributed by atoms with Gasteiger partial charge in [0, 0.05) is 52.1 Å². The SMILES string of the molecule is CCCCCCn1c2cc(CC(CC)CCCC)sc2c2sc(-c3c4nsnc4c(-c4cc5sc(-c6ccc(CCC(CC)CCCC)cc6F)cc5s4)c4nc(CC)c(CC)nc34)cc21. The second-order valence-electron chi connectivity index (χ2n) is 18.5. The summed E-state index contributed by atoms with van der Waals surface area (Å²) in [4.78, 5) is 15.8. The third-order valence-corrected chi connectivity index (χ3v) is 19.4. The summed E-state index contributed by atoms with van der Waals surface area (Å²) in [7, 11) is 0. The van der Waals surface area contributed by atoms with E-state index in [2.05, 4.69) is 83.4 Å². The van der Waals surface area contributed by atoms with Crippen molar-refractivity contribution in [2.45, 2.75) is 164 Å². The highest BCUT2D eigenvalue weighted by Crippen LogP contribution is 2.51. The molecule has 0 spiro atoms. The lowest BCUT2D eigenvalue weighted by Crippen LogP contribution is -2.03. The molecule has 7 heterocycles. The molecule has 5 nitrogen and oxygen atoms in total. The third kappa shape index (κ3) is 9.42. The minimum absolute atomic E-state index is 0.128. The Morgan fingerprint density at radius 1 is 0.576 bits per heavy atom. The molecule has 0 saturated carbocycles. The summed E-state index contributed by atoms with van der Waals surface area (Å²) in [5.41, 5.74) is 12.3. The van der Waals surface area contributed by atoms with E-state index in [1.165, 1.54) is 125 Å². The van der Waals surface area contributed by atoms with Crippen molar-refractivity contribution in [1.29, 1.82) is 0 Å². The Kier molecular flexibility index (Phi) is 15.4. The summed E-state index contributed by atoms with van der Waals surface area (Å²) in [6, 6.07) is 15.3. The fraction of sp³-hybridized carbons (Fsp3) is 0.491. The quantitative estimate of drug-likeness (QED) is 0.0599. The van der Waals surface area contributed by atoms with E-state index >= 15 is 4.39 Å². The molecule has 0 saturated heterocycles. The number of fused-ring (bicyclic) bond motifs is 6. The maximum atomic E-state index is 15.9. The van der Waals surface area contributed by atoms with Crippen LogP contribution in [0.3, 0.4) is 0 Å². The smallest absolute Gasteiger partial charge is 0.132 e. The van der Waals surface area contributed by atoms with Crippen LogP contribution in [-0.4, -0.2) is 23.3 Å². The minimum Gasteiger partial charge on any atom is -0.339 e. The molecule has 66 heavy (non-hydrogen) atoms. The molecule has 0 aliphatic carbocycles. The first-order valence-electron chi connectivity index (χ1n) is 25.2. The van der Waals surface area contributed by atoms with Crippen LogP contribution in [0.25, 0.3) is 83.2 Å². The predicted molar refractivity (Wildman–Crippen MR) is 290 cm³/mol. The first-order valence-corrected chi connectivity index (χ1v) is 29.1. The second kappa shape index (κ2) is 21.4. The van der Waals surface area contributed by atoms with Crippen LogP contribution in [0.5, 0.6) is 0 Å². The van der Waals surface area contributed by atoms with E-state index in [0.29, 0.717) is 11.5 Å². The molecule has 2 atom stereocenters. The molecule has 0 aliphatic rings.